The Morgan fingerprint density at radius 1 is 1.15 bits per heavy atom. The molecule has 0 radical (unpaired) electrons. The molecule has 3 heterocycles. The molecule has 144 valence electrons. The quantitative estimate of drug-likeness (QED) is 0.627. The van der Waals surface area contributed by atoms with Crippen LogP contribution in [0.2, 0.25) is 0 Å². The van der Waals surface area contributed by atoms with Crippen LogP contribution in [0.15, 0.2) is 10.7 Å². The van der Waals surface area contributed by atoms with Crippen molar-refractivity contribution in [1.29, 1.82) is 0 Å². The smallest absolute Gasteiger partial charge is 0.229 e. The maximum Gasteiger partial charge on any atom is 0.229 e. The van der Waals surface area contributed by atoms with Gasteiger partial charge in [0.25, 0.3) is 0 Å². The minimum Gasteiger partial charge on any atom is -0.432 e. The highest BCUT2D eigenvalue weighted by Crippen LogP contribution is 2.37. The molecule has 1 aliphatic carbocycles. The molecular weight excluding hydrogens is 338 g/mol. The van der Waals surface area contributed by atoms with Gasteiger partial charge >= 0.3 is 0 Å². The van der Waals surface area contributed by atoms with Crippen LogP contribution in [-0.4, -0.2) is 42.1 Å². The molecule has 6 nitrogen and oxygen atoms in total. The maximum absolute atomic E-state index is 6.21. The average Bonchev–Trinajstić information content (AvgIpc) is 3.05. The van der Waals surface area contributed by atoms with E-state index in [1.807, 2.05) is 0 Å². The highest BCUT2D eigenvalue weighted by atomic mass is 16.3. The molecule has 0 spiro atoms. The van der Waals surface area contributed by atoms with Gasteiger partial charge in [-0.3, -0.25) is 0 Å². The number of hydrogen-bond acceptors (Lipinski definition) is 5. The molecule has 0 saturated heterocycles. The van der Waals surface area contributed by atoms with Crippen molar-refractivity contribution >= 4 is 28.0 Å². The van der Waals surface area contributed by atoms with E-state index in [9.17, 15) is 0 Å². The van der Waals surface area contributed by atoms with Gasteiger partial charge in [0.1, 0.15) is 11.8 Å². The summed E-state index contributed by atoms with van der Waals surface area (Å²) in [6.45, 7) is 4.21. The lowest BCUT2D eigenvalue weighted by Crippen LogP contribution is -3.05. The zero-order valence-electron chi connectivity index (χ0n) is 16.7. The predicted octanol–water partition coefficient (Wildman–Crippen LogP) is 2.55. The third-order valence-electron chi connectivity index (χ3n) is 5.44. The Balaban J connectivity index is 1.77. The van der Waals surface area contributed by atoms with Gasteiger partial charge in [-0.05, 0) is 43.2 Å². The number of aromatic nitrogens is 3. The van der Waals surface area contributed by atoms with E-state index in [1.165, 1.54) is 34.6 Å². The summed E-state index contributed by atoms with van der Waals surface area (Å²) in [6, 6.07) is 0. The van der Waals surface area contributed by atoms with Crippen LogP contribution in [0.4, 0.5) is 5.82 Å². The molecule has 0 saturated carbocycles. The van der Waals surface area contributed by atoms with Gasteiger partial charge in [0.2, 0.25) is 5.71 Å². The van der Waals surface area contributed by atoms with Gasteiger partial charge < -0.3 is 14.6 Å². The van der Waals surface area contributed by atoms with Crippen LogP contribution in [0.5, 0.6) is 0 Å². The molecule has 0 unspecified atom stereocenters. The van der Waals surface area contributed by atoms with Gasteiger partial charge in [0.05, 0.1) is 26.0 Å². The van der Waals surface area contributed by atoms with Crippen LogP contribution >= 0.6 is 0 Å². The summed E-state index contributed by atoms with van der Waals surface area (Å²) in [6.07, 6.45) is 9.55. The van der Waals surface area contributed by atoms with Crippen molar-refractivity contribution in [1.82, 2.24) is 15.0 Å². The molecule has 2 N–H and O–H groups in total. The summed E-state index contributed by atoms with van der Waals surface area (Å²) < 4.78 is 6.21. The number of quaternary nitrogens is 1. The molecule has 6 heteroatoms. The minimum atomic E-state index is 0.732. The third kappa shape index (κ3) is 3.50. The van der Waals surface area contributed by atoms with Crippen molar-refractivity contribution < 1.29 is 9.32 Å². The summed E-state index contributed by atoms with van der Waals surface area (Å²) in [5.74, 6) is 0.786. The normalized spacial score (nSPS) is 14.2. The largest absolute Gasteiger partial charge is 0.432 e. The van der Waals surface area contributed by atoms with Crippen molar-refractivity contribution in [3.05, 3.63) is 23.1 Å². The predicted molar refractivity (Wildman–Crippen MR) is 109 cm³/mol. The van der Waals surface area contributed by atoms with Gasteiger partial charge in [-0.25, -0.2) is 15.0 Å². The van der Waals surface area contributed by atoms with Crippen molar-refractivity contribution in [3.63, 3.8) is 0 Å². The topological polar surface area (TPSA) is 68.3 Å². The summed E-state index contributed by atoms with van der Waals surface area (Å²) in [4.78, 5) is 15.4. The summed E-state index contributed by atoms with van der Waals surface area (Å²) >= 11 is 0. The van der Waals surface area contributed by atoms with Crippen LogP contribution in [-0.2, 0) is 19.3 Å². The Morgan fingerprint density at radius 2 is 1.96 bits per heavy atom. The first-order valence-corrected chi connectivity index (χ1v) is 10.3. The molecule has 1 aliphatic rings. The number of nitrogens with one attached hydrogen (secondary N) is 2. The molecule has 27 heavy (non-hydrogen) atoms. The number of fused-ring (bicyclic) bond motifs is 5. The fraction of sp³-hybridized carbons (Fsp3) is 0.571. The van der Waals surface area contributed by atoms with Crippen LogP contribution < -0.4 is 10.2 Å². The van der Waals surface area contributed by atoms with E-state index in [0.29, 0.717) is 0 Å². The van der Waals surface area contributed by atoms with E-state index in [2.05, 4.69) is 36.3 Å². The second-order valence-electron chi connectivity index (χ2n) is 7.89. The van der Waals surface area contributed by atoms with E-state index < -0.39 is 0 Å². The summed E-state index contributed by atoms with van der Waals surface area (Å²) in [5.41, 5.74) is 6.47. The average molecular weight is 369 g/mol. The van der Waals surface area contributed by atoms with Crippen LogP contribution in [0.1, 0.15) is 49.4 Å². The minimum absolute atomic E-state index is 0.732. The molecule has 0 amide bonds. The fourth-order valence-corrected chi connectivity index (χ4v) is 4.16. The number of rotatable bonds is 7. The van der Waals surface area contributed by atoms with Crippen molar-refractivity contribution in [2.45, 2.75) is 51.9 Å². The molecule has 0 atom stereocenters. The summed E-state index contributed by atoms with van der Waals surface area (Å²) in [5, 5.41) is 4.55. The molecular formula is C21H30N5O+. The van der Waals surface area contributed by atoms with E-state index >= 15 is 0 Å². The third-order valence-corrected chi connectivity index (χ3v) is 5.44. The molecule has 3 aromatic rings. The Labute approximate surface area is 160 Å². The Bertz CT molecular complexity index is 947. The first-order chi connectivity index (χ1) is 13.2. The second-order valence-corrected chi connectivity index (χ2v) is 7.89. The zero-order chi connectivity index (χ0) is 18.8. The Kier molecular flexibility index (Phi) is 5.25. The monoisotopic (exact) mass is 368 g/mol. The number of pyridine rings is 1. The van der Waals surface area contributed by atoms with Gasteiger partial charge in [-0.2, -0.15) is 0 Å². The summed E-state index contributed by atoms with van der Waals surface area (Å²) in [7, 11) is 4.34. The van der Waals surface area contributed by atoms with Crippen LogP contribution in [0.25, 0.3) is 22.2 Å². The van der Waals surface area contributed by atoms with Gasteiger partial charge in [-0.1, -0.05) is 13.3 Å². The fourth-order valence-electron chi connectivity index (χ4n) is 4.16. The molecule has 0 aliphatic heterocycles. The molecule has 3 aromatic heterocycles. The number of aryl methyl sites for hydroxylation is 2. The van der Waals surface area contributed by atoms with E-state index in [-0.39, 0.29) is 0 Å². The number of hydrogen-bond donors (Lipinski definition) is 2. The highest BCUT2D eigenvalue weighted by molar-refractivity contribution is 6.06. The first kappa shape index (κ1) is 18.2. The second kappa shape index (κ2) is 7.80. The molecule has 4 rings (SSSR count). The van der Waals surface area contributed by atoms with E-state index in [4.69, 9.17) is 9.40 Å². The van der Waals surface area contributed by atoms with Gasteiger partial charge in [0.15, 0.2) is 11.4 Å². The van der Waals surface area contributed by atoms with Crippen molar-refractivity contribution in [3.8, 4) is 0 Å². The van der Waals surface area contributed by atoms with Gasteiger partial charge in [-0.15, -0.1) is 0 Å². The molecule has 0 fully saturated rings. The number of anilines is 1. The SMILES string of the molecule is CCCc1nc2oc3c(NCCC[NH+](C)C)ncnc3c2c2c1CCCC2. The molecule has 0 aromatic carbocycles. The van der Waals surface area contributed by atoms with E-state index in [0.717, 1.165) is 73.2 Å². The zero-order valence-corrected chi connectivity index (χ0v) is 16.7. The first-order valence-electron chi connectivity index (χ1n) is 10.3. The lowest BCUT2D eigenvalue weighted by Gasteiger charge is -2.19. The van der Waals surface area contributed by atoms with Crippen molar-refractivity contribution in [2.75, 3.05) is 32.5 Å². The Hall–Kier alpha value is -2.21. The molecule has 0 bridgehead atoms. The number of furan rings is 1. The van der Waals surface area contributed by atoms with Crippen LogP contribution in [0, 0.1) is 0 Å². The van der Waals surface area contributed by atoms with Crippen molar-refractivity contribution in [2.24, 2.45) is 0 Å². The number of nitrogens with zero attached hydrogens (tertiary/aromatic N) is 3. The lowest BCUT2D eigenvalue weighted by molar-refractivity contribution is -0.858. The van der Waals surface area contributed by atoms with E-state index in [1.54, 1.807) is 6.33 Å². The van der Waals surface area contributed by atoms with Gasteiger partial charge in [0, 0.05) is 18.7 Å². The maximum atomic E-state index is 6.21. The highest BCUT2D eigenvalue weighted by Gasteiger charge is 2.24. The Morgan fingerprint density at radius 3 is 2.74 bits per heavy atom. The standard InChI is InChI=1S/C21H29N5O/c1-4-8-16-14-9-5-6-10-15(14)17-18-19(27-21(17)25-16)20(24-13-23-18)22-11-7-12-26(2)3/h13H,4-12H2,1-3H3,(H,22,23,24)/p+1. The van der Waals surface area contributed by atoms with Crippen LogP contribution in [0.3, 0.4) is 0 Å². The lowest BCUT2D eigenvalue weighted by atomic mass is 9.88.